The molecule has 1 saturated heterocycles. The molecule has 0 unspecified atom stereocenters. The molecule has 0 N–H and O–H groups in total. The number of anilines is 1. The van der Waals surface area contributed by atoms with Crippen molar-refractivity contribution in [2.24, 2.45) is 0 Å². The molecule has 30 heavy (non-hydrogen) atoms. The van der Waals surface area contributed by atoms with Gasteiger partial charge in [-0.25, -0.2) is 4.98 Å². The van der Waals surface area contributed by atoms with E-state index in [-0.39, 0.29) is 0 Å². The number of nitrogens with zero attached hydrogens (tertiary/aromatic N) is 2. The molecule has 0 radical (unpaired) electrons. The molecule has 0 bridgehead atoms. The van der Waals surface area contributed by atoms with Crippen LogP contribution in [0.4, 0.5) is 5.69 Å². The average molecular weight is 475 g/mol. The van der Waals surface area contributed by atoms with E-state index in [2.05, 4.69) is 31.9 Å². The van der Waals surface area contributed by atoms with E-state index >= 15 is 0 Å². The number of rotatable bonds is 6. The maximum absolute atomic E-state index is 6.07. The van der Waals surface area contributed by atoms with Crippen molar-refractivity contribution in [1.29, 1.82) is 0 Å². The largest absolute Gasteiger partial charge is 0.496 e. The summed E-state index contributed by atoms with van der Waals surface area (Å²) in [6.07, 6.45) is 1.69. The Labute approximate surface area is 183 Å². The Kier molecular flexibility index (Phi) is 6.15. The van der Waals surface area contributed by atoms with Crippen LogP contribution in [-0.4, -0.2) is 52.6 Å². The lowest BCUT2D eigenvalue weighted by atomic mass is 10.1. The molecule has 158 valence electrons. The van der Waals surface area contributed by atoms with Crippen molar-refractivity contribution < 1.29 is 23.4 Å². The number of morpholine rings is 1. The van der Waals surface area contributed by atoms with Crippen LogP contribution in [0.2, 0.25) is 0 Å². The van der Waals surface area contributed by atoms with Crippen molar-refractivity contribution in [2.45, 2.75) is 0 Å². The Morgan fingerprint density at radius 3 is 2.23 bits per heavy atom. The topological polar surface area (TPSA) is 66.2 Å². The molecular formula is C22H23BrN2O5. The second-order valence-electron chi connectivity index (χ2n) is 6.71. The van der Waals surface area contributed by atoms with Crippen molar-refractivity contribution in [3.8, 4) is 40.0 Å². The highest BCUT2D eigenvalue weighted by Gasteiger charge is 2.19. The van der Waals surface area contributed by atoms with Crippen molar-refractivity contribution in [3.63, 3.8) is 0 Å². The van der Waals surface area contributed by atoms with Crippen LogP contribution in [0.1, 0.15) is 0 Å². The van der Waals surface area contributed by atoms with Gasteiger partial charge in [0, 0.05) is 30.4 Å². The first-order valence-electron chi connectivity index (χ1n) is 9.53. The number of hydrogen-bond donors (Lipinski definition) is 0. The number of halogens is 1. The van der Waals surface area contributed by atoms with Gasteiger partial charge in [-0.2, -0.15) is 0 Å². The molecule has 8 heteroatoms. The van der Waals surface area contributed by atoms with Crippen LogP contribution in [-0.2, 0) is 4.74 Å². The van der Waals surface area contributed by atoms with E-state index in [1.54, 1.807) is 27.5 Å². The molecule has 0 saturated carbocycles. The van der Waals surface area contributed by atoms with Crippen LogP contribution >= 0.6 is 15.9 Å². The summed E-state index contributed by atoms with van der Waals surface area (Å²) in [6, 6.07) is 9.78. The van der Waals surface area contributed by atoms with E-state index < -0.39 is 0 Å². The van der Waals surface area contributed by atoms with Gasteiger partial charge in [-0.15, -0.1) is 0 Å². The Balaban J connectivity index is 1.67. The van der Waals surface area contributed by atoms with Gasteiger partial charge in [0.15, 0.2) is 5.76 Å². The summed E-state index contributed by atoms with van der Waals surface area (Å²) in [5, 5.41) is 0. The van der Waals surface area contributed by atoms with Crippen molar-refractivity contribution >= 4 is 21.6 Å². The van der Waals surface area contributed by atoms with Crippen LogP contribution in [0.25, 0.3) is 22.8 Å². The Morgan fingerprint density at radius 1 is 0.933 bits per heavy atom. The maximum atomic E-state index is 6.07. The number of ether oxygens (including phenoxy) is 4. The normalized spacial score (nSPS) is 13.9. The molecular weight excluding hydrogens is 452 g/mol. The fourth-order valence-electron chi connectivity index (χ4n) is 3.42. The van der Waals surface area contributed by atoms with Gasteiger partial charge in [0.25, 0.3) is 0 Å². The molecule has 4 rings (SSSR count). The van der Waals surface area contributed by atoms with Gasteiger partial charge in [0.2, 0.25) is 5.89 Å². The van der Waals surface area contributed by atoms with Gasteiger partial charge >= 0.3 is 0 Å². The summed E-state index contributed by atoms with van der Waals surface area (Å²) < 4.78 is 28.7. The second-order valence-corrected chi connectivity index (χ2v) is 7.50. The molecule has 1 aliphatic heterocycles. The minimum atomic E-state index is 0.483. The van der Waals surface area contributed by atoms with E-state index in [1.807, 2.05) is 24.3 Å². The molecule has 3 aromatic rings. The lowest BCUT2D eigenvalue weighted by Crippen LogP contribution is -2.36. The average Bonchev–Trinajstić information content (AvgIpc) is 3.29. The molecule has 1 aromatic heterocycles. The first-order valence-corrected chi connectivity index (χ1v) is 10.3. The highest BCUT2D eigenvalue weighted by molar-refractivity contribution is 9.10. The first kappa shape index (κ1) is 20.6. The minimum Gasteiger partial charge on any atom is -0.496 e. The van der Waals surface area contributed by atoms with Crippen LogP contribution in [0.15, 0.2) is 45.4 Å². The SMILES string of the molecule is COc1cc(N2CCOCC2)ccc1-c1ncc(-c2cc(OC)c(Br)c(OC)c2)o1. The van der Waals surface area contributed by atoms with Gasteiger partial charge in [-0.05, 0) is 40.2 Å². The van der Waals surface area contributed by atoms with Gasteiger partial charge in [-0.1, -0.05) is 0 Å². The molecule has 0 aliphatic carbocycles. The summed E-state index contributed by atoms with van der Waals surface area (Å²) in [5.41, 5.74) is 2.68. The third kappa shape index (κ3) is 3.97. The molecule has 7 nitrogen and oxygen atoms in total. The van der Waals surface area contributed by atoms with Crippen molar-refractivity contribution in [2.75, 3.05) is 52.5 Å². The summed E-state index contributed by atoms with van der Waals surface area (Å²) in [5.74, 6) is 3.09. The highest BCUT2D eigenvalue weighted by Crippen LogP contribution is 2.40. The standard InChI is InChI=1S/C22H23BrN2O5/c1-26-17-12-15(25-6-8-29-9-7-25)4-5-16(17)22-24-13-20(30-22)14-10-18(27-2)21(23)19(11-14)28-3/h4-5,10-13H,6-9H2,1-3H3. The van der Waals surface area contributed by atoms with Crippen LogP contribution in [0, 0.1) is 0 Å². The lowest BCUT2D eigenvalue weighted by Gasteiger charge is -2.29. The number of benzene rings is 2. The van der Waals surface area contributed by atoms with E-state index in [1.165, 1.54) is 0 Å². The zero-order valence-electron chi connectivity index (χ0n) is 17.1. The number of methoxy groups -OCH3 is 3. The monoisotopic (exact) mass is 474 g/mol. The van der Waals surface area contributed by atoms with E-state index in [9.17, 15) is 0 Å². The summed E-state index contributed by atoms with van der Waals surface area (Å²) in [4.78, 5) is 6.75. The van der Waals surface area contributed by atoms with Crippen LogP contribution in [0.5, 0.6) is 17.2 Å². The van der Waals surface area contributed by atoms with Gasteiger partial charge in [-0.3, -0.25) is 0 Å². The molecule has 2 heterocycles. The third-order valence-electron chi connectivity index (χ3n) is 5.03. The molecule has 0 atom stereocenters. The second kappa shape index (κ2) is 8.97. The fourth-order valence-corrected chi connectivity index (χ4v) is 3.97. The maximum Gasteiger partial charge on any atom is 0.230 e. The van der Waals surface area contributed by atoms with Gasteiger partial charge < -0.3 is 28.3 Å². The summed E-state index contributed by atoms with van der Waals surface area (Å²) in [6.45, 7) is 3.18. The van der Waals surface area contributed by atoms with E-state index in [0.29, 0.717) is 28.9 Å². The summed E-state index contributed by atoms with van der Waals surface area (Å²) in [7, 11) is 4.86. The molecule has 0 spiro atoms. The third-order valence-corrected chi connectivity index (χ3v) is 5.81. The predicted octanol–water partition coefficient (Wildman–Crippen LogP) is 4.63. The number of hydrogen-bond acceptors (Lipinski definition) is 7. The Morgan fingerprint density at radius 2 is 1.60 bits per heavy atom. The predicted molar refractivity (Wildman–Crippen MR) is 118 cm³/mol. The molecule has 2 aromatic carbocycles. The first-order chi connectivity index (χ1) is 14.6. The fraction of sp³-hybridized carbons (Fsp3) is 0.318. The van der Waals surface area contributed by atoms with Crippen LogP contribution in [0.3, 0.4) is 0 Å². The Bertz CT molecular complexity index is 1010. The quantitative estimate of drug-likeness (QED) is 0.515. The van der Waals surface area contributed by atoms with Crippen molar-refractivity contribution in [3.05, 3.63) is 41.0 Å². The molecule has 1 fully saturated rings. The van der Waals surface area contributed by atoms with E-state index in [0.717, 1.165) is 47.6 Å². The van der Waals surface area contributed by atoms with Gasteiger partial charge in [0.05, 0.1) is 46.3 Å². The van der Waals surface area contributed by atoms with E-state index in [4.69, 9.17) is 23.4 Å². The number of aromatic nitrogens is 1. The molecule has 1 aliphatic rings. The smallest absolute Gasteiger partial charge is 0.230 e. The minimum absolute atomic E-state index is 0.483. The van der Waals surface area contributed by atoms with Crippen LogP contribution < -0.4 is 19.1 Å². The Hall–Kier alpha value is -2.71. The van der Waals surface area contributed by atoms with Gasteiger partial charge in [0.1, 0.15) is 21.7 Å². The zero-order valence-corrected chi connectivity index (χ0v) is 18.7. The highest BCUT2D eigenvalue weighted by atomic mass is 79.9. The number of oxazole rings is 1. The summed E-state index contributed by atoms with van der Waals surface area (Å²) >= 11 is 3.48. The zero-order chi connectivity index (χ0) is 21.1. The molecule has 0 amide bonds. The lowest BCUT2D eigenvalue weighted by molar-refractivity contribution is 0.122. The van der Waals surface area contributed by atoms with Crippen molar-refractivity contribution in [1.82, 2.24) is 4.98 Å².